The predicted octanol–water partition coefficient (Wildman–Crippen LogP) is 2.42. The number of hydrogen-bond acceptors (Lipinski definition) is 2. The van der Waals surface area contributed by atoms with Crippen molar-refractivity contribution in [1.82, 2.24) is 0 Å². The summed E-state index contributed by atoms with van der Waals surface area (Å²) in [5.74, 6) is 0. The summed E-state index contributed by atoms with van der Waals surface area (Å²) in [6, 6.07) is 7.63. The van der Waals surface area contributed by atoms with Crippen molar-refractivity contribution in [2.24, 2.45) is 0 Å². The molecule has 0 aliphatic carbocycles. The number of hydrogen-bond donors (Lipinski definition) is 1. The molecule has 2 nitrogen and oxygen atoms in total. The molecule has 1 aliphatic heterocycles. The van der Waals surface area contributed by atoms with E-state index >= 15 is 0 Å². The lowest BCUT2D eigenvalue weighted by atomic mass is 9.89. The molecular weight excluding hydrogens is 212 g/mol. The van der Waals surface area contributed by atoms with E-state index in [4.69, 9.17) is 16.3 Å². The largest absolute Gasteiger partial charge is 0.387 e. The van der Waals surface area contributed by atoms with Gasteiger partial charge in [-0.05, 0) is 18.6 Å². The number of rotatable bonds is 2. The Morgan fingerprint density at radius 1 is 1.53 bits per heavy atom. The molecule has 1 aromatic carbocycles. The van der Waals surface area contributed by atoms with Gasteiger partial charge in [0, 0.05) is 24.5 Å². The van der Waals surface area contributed by atoms with Crippen LogP contribution in [-0.4, -0.2) is 23.4 Å². The summed E-state index contributed by atoms with van der Waals surface area (Å²) < 4.78 is 5.39. The van der Waals surface area contributed by atoms with Crippen molar-refractivity contribution in [1.29, 1.82) is 0 Å². The summed E-state index contributed by atoms with van der Waals surface area (Å²) in [4.78, 5) is 0. The van der Waals surface area contributed by atoms with Crippen molar-refractivity contribution >= 4 is 11.6 Å². The topological polar surface area (TPSA) is 29.5 Å². The van der Waals surface area contributed by atoms with Crippen molar-refractivity contribution in [2.45, 2.75) is 31.5 Å². The molecule has 0 amide bonds. The number of halogens is 1. The van der Waals surface area contributed by atoms with Crippen LogP contribution in [0.5, 0.6) is 0 Å². The van der Waals surface area contributed by atoms with E-state index in [1.807, 2.05) is 31.2 Å². The first kappa shape index (κ1) is 10.9. The fraction of sp³-hybridized carbons (Fsp3) is 0.500. The van der Waals surface area contributed by atoms with E-state index in [2.05, 4.69) is 0 Å². The third kappa shape index (κ3) is 2.17. The second-order valence-corrected chi connectivity index (χ2v) is 4.54. The standard InChI is InChI=1S/C12H15ClO2/c1-9-12(14,6-7-15-9)8-10-4-2-3-5-11(10)13/h2-5,9,14H,6-8H2,1H3. The molecule has 0 bridgehead atoms. The van der Waals surface area contributed by atoms with Crippen LogP contribution in [-0.2, 0) is 11.2 Å². The van der Waals surface area contributed by atoms with Gasteiger partial charge >= 0.3 is 0 Å². The van der Waals surface area contributed by atoms with Gasteiger partial charge in [0.1, 0.15) is 0 Å². The lowest BCUT2D eigenvalue weighted by molar-refractivity contribution is -0.0268. The summed E-state index contributed by atoms with van der Waals surface area (Å²) >= 11 is 6.06. The van der Waals surface area contributed by atoms with Gasteiger partial charge in [0.25, 0.3) is 0 Å². The van der Waals surface area contributed by atoms with Gasteiger partial charge in [-0.1, -0.05) is 29.8 Å². The number of benzene rings is 1. The van der Waals surface area contributed by atoms with E-state index in [0.29, 0.717) is 24.5 Å². The van der Waals surface area contributed by atoms with Crippen LogP contribution in [0.15, 0.2) is 24.3 Å². The minimum atomic E-state index is -0.759. The van der Waals surface area contributed by atoms with Crippen LogP contribution in [0.1, 0.15) is 18.9 Å². The zero-order valence-electron chi connectivity index (χ0n) is 8.74. The Morgan fingerprint density at radius 2 is 2.27 bits per heavy atom. The third-order valence-electron chi connectivity index (χ3n) is 3.11. The maximum atomic E-state index is 10.4. The Balaban J connectivity index is 2.18. The molecule has 1 aromatic rings. The maximum absolute atomic E-state index is 10.4. The molecule has 1 fully saturated rings. The van der Waals surface area contributed by atoms with Gasteiger partial charge in [-0.25, -0.2) is 0 Å². The van der Waals surface area contributed by atoms with E-state index in [1.54, 1.807) is 0 Å². The Labute approximate surface area is 94.8 Å². The first-order valence-electron chi connectivity index (χ1n) is 5.19. The molecule has 1 saturated heterocycles. The minimum absolute atomic E-state index is 0.117. The van der Waals surface area contributed by atoms with E-state index in [1.165, 1.54) is 0 Å². The van der Waals surface area contributed by atoms with Crippen molar-refractivity contribution in [2.75, 3.05) is 6.61 Å². The molecular formula is C12H15ClO2. The molecule has 0 saturated carbocycles. The normalized spacial score (nSPS) is 30.7. The van der Waals surface area contributed by atoms with Crippen LogP contribution in [0.3, 0.4) is 0 Å². The quantitative estimate of drug-likeness (QED) is 0.840. The van der Waals surface area contributed by atoms with Gasteiger partial charge in [0.15, 0.2) is 0 Å². The first-order valence-corrected chi connectivity index (χ1v) is 5.57. The Morgan fingerprint density at radius 3 is 2.87 bits per heavy atom. The second-order valence-electron chi connectivity index (χ2n) is 4.13. The lowest BCUT2D eigenvalue weighted by Crippen LogP contribution is -2.38. The van der Waals surface area contributed by atoms with Crippen molar-refractivity contribution in [3.05, 3.63) is 34.9 Å². The van der Waals surface area contributed by atoms with Gasteiger partial charge in [-0.15, -0.1) is 0 Å². The molecule has 1 N–H and O–H groups in total. The summed E-state index contributed by atoms with van der Waals surface area (Å²) in [6.45, 7) is 2.53. The fourth-order valence-corrected chi connectivity index (χ4v) is 2.18. The van der Waals surface area contributed by atoms with Gasteiger partial charge in [-0.2, -0.15) is 0 Å². The molecule has 82 valence electrons. The predicted molar refractivity (Wildman–Crippen MR) is 60.1 cm³/mol. The molecule has 1 aliphatic rings. The van der Waals surface area contributed by atoms with E-state index < -0.39 is 5.60 Å². The van der Waals surface area contributed by atoms with Gasteiger partial charge in [0.2, 0.25) is 0 Å². The molecule has 0 spiro atoms. The van der Waals surface area contributed by atoms with Gasteiger partial charge in [-0.3, -0.25) is 0 Å². The zero-order chi connectivity index (χ0) is 10.9. The van der Waals surface area contributed by atoms with Crippen molar-refractivity contribution in [3.8, 4) is 0 Å². The van der Waals surface area contributed by atoms with Crippen LogP contribution in [0, 0.1) is 0 Å². The second kappa shape index (κ2) is 4.12. The molecule has 0 radical (unpaired) electrons. The molecule has 1 heterocycles. The molecule has 2 unspecified atom stereocenters. The Hall–Kier alpha value is -0.570. The summed E-state index contributed by atoms with van der Waals surface area (Å²) in [7, 11) is 0. The minimum Gasteiger partial charge on any atom is -0.387 e. The van der Waals surface area contributed by atoms with Crippen LogP contribution >= 0.6 is 11.6 Å². The monoisotopic (exact) mass is 226 g/mol. The van der Waals surface area contributed by atoms with Crippen LogP contribution in [0.4, 0.5) is 0 Å². The molecule has 0 aromatic heterocycles. The molecule has 15 heavy (non-hydrogen) atoms. The molecule has 3 heteroatoms. The fourth-order valence-electron chi connectivity index (χ4n) is 1.97. The zero-order valence-corrected chi connectivity index (χ0v) is 9.50. The third-order valence-corrected chi connectivity index (χ3v) is 3.48. The highest BCUT2D eigenvalue weighted by Crippen LogP contribution is 2.31. The van der Waals surface area contributed by atoms with E-state index in [-0.39, 0.29) is 6.10 Å². The Kier molecular flexibility index (Phi) is 3.01. The van der Waals surface area contributed by atoms with Crippen molar-refractivity contribution in [3.63, 3.8) is 0 Å². The maximum Gasteiger partial charge on any atom is 0.0967 e. The summed E-state index contributed by atoms with van der Waals surface area (Å²) in [5.41, 5.74) is 0.226. The van der Waals surface area contributed by atoms with E-state index in [9.17, 15) is 5.11 Å². The van der Waals surface area contributed by atoms with Crippen LogP contribution in [0.2, 0.25) is 5.02 Å². The first-order chi connectivity index (χ1) is 7.12. The van der Waals surface area contributed by atoms with E-state index in [0.717, 1.165) is 5.56 Å². The highest BCUT2D eigenvalue weighted by atomic mass is 35.5. The number of aliphatic hydroxyl groups is 1. The molecule has 2 rings (SSSR count). The van der Waals surface area contributed by atoms with Crippen LogP contribution < -0.4 is 0 Å². The summed E-state index contributed by atoms with van der Waals surface area (Å²) in [6.07, 6.45) is 1.13. The highest BCUT2D eigenvalue weighted by Gasteiger charge is 2.39. The van der Waals surface area contributed by atoms with Gasteiger partial charge < -0.3 is 9.84 Å². The highest BCUT2D eigenvalue weighted by molar-refractivity contribution is 6.31. The lowest BCUT2D eigenvalue weighted by Gasteiger charge is -2.26. The Bertz CT molecular complexity index is 353. The number of ether oxygens (including phenoxy) is 1. The SMILES string of the molecule is CC1OCCC1(O)Cc1ccccc1Cl. The smallest absolute Gasteiger partial charge is 0.0967 e. The van der Waals surface area contributed by atoms with Crippen LogP contribution in [0.25, 0.3) is 0 Å². The van der Waals surface area contributed by atoms with Gasteiger partial charge in [0.05, 0.1) is 11.7 Å². The molecule has 2 atom stereocenters. The average Bonchev–Trinajstić information content (AvgIpc) is 2.51. The van der Waals surface area contributed by atoms with Crippen molar-refractivity contribution < 1.29 is 9.84 Å². The average molecular weight is 227 g/mol. The summed E-state index contributed by atoms with van der Waals surface area (Å²) in [5, 5.41) is 11.1.